The number of hydrogen-bond acceptors (Lipinski definition) is 29. The third-order valence-corrected chi connectivity index (χ3v) is 23.2. The van der Waals surface area contributed by atoms with Crippen molar-refractivity contribution in [2.24, 2.45) is 29.4 Å². The molecule has 11 N–H and O–H groups in total. The number of nitrogens with zero attached hydrogens (tertiary/aromatic N) is 8. The molecule has 2 bridgehead atoms. The molecule has 2 saturated heterocycles. The number of aromatic amines is 1. The number of nitrogens with one attached hydrogen (secondary N) is 3. The van der Waals surface area contributed by atoms with Crippen molar-refractivity contribution in [3.8, 4) is 17.1 Å². The van der Waals surface area contributed by atoms with Crippen molar-refractivity contribution in [3.05, 3.63) is 90.1 Å². The number of aromatic hydroxyl groups is 1. The van der Waals surface area contributed by atoms with E-state index in [1.165, 1.54) is 19.3 Å². The molecule has 35 nitrogen and oxygen atoms in total. The number of aromatic nitrogens is 8. The van der Waals surface area contributed by atoms with Gasteiger partial charge >= 0.3 is 5.97 Å². The Bertz CT molecular complexity index is 4320. The van der Waals surface area contributed by atoms with Crippen LogP contribution in [0.3, 0.4) is 0 Å². The lowest BCUT2D eigenvalue weighted by Crippen LogP contribution is -2.58. The van der Waals surface area contributed by atoms with Gasteiger partial charge in [0.25, 0.3) is 11.7 Å². The monoisotopic (exact) mass is 1740 g/mol. The number of phenolic OH excluding ortho intramolecular Hbond substituents is 1. The van der Waals surface area contributed by atoms with Crippen LogP contribution in [0.5, 0.6) is 5.75 Å². The molecule has 0 unspecified atom stereocenters. The summed E-state index contributed by atoms with van der Waals surface area (Å²) in [6.07, 6.45) is 16.6. The number of phenols is 1. The molecule has 0 radical (unpaired) electrons. The number of methoxy groups -OCH3 is 2. The number of unbranched alkanes of at least 4 members (excludes halogenated alkanes) is 2. The van der Waals surface area contributed by atoms with E-state index >= 15 is 0 Å². The summed E-state index contributed by atoms with van der Waals surface area (Å²) < 4.78 is 67.8. The fourth-order valence-corrected chi connectivity index (χ4v) is 16.1. The van der Waals surface area contributed by atoms with E-state index in [-0.39, 0.29) is 105 Å². The zero-order valence-corrected chi connectivity index (χ0v) is 73.2. The molecule has 3 aliphatic heterocycles. The third kappa shape index (κ3) is 31.1. The number of esters is 1. The van der Waals surface area contributed by atoms with Gasteiger partial charge in [-0.1, -0.05) is 62.4 Å². The maximum Gasteiger partial charge on any atom is 0.329 e. The van der Waals surface area contributed by atoms with E-state index in [1.807, 2.05) is 56.5 Å². The van der Waals surface area contributed by atoms with E-state index < -0.39 is 89.5 Å². The van der Waals surface area contributed by atoms with Crippen LogP contribution < -0.4 is 22.1 Å². The molecular formula is C89H133N13O22. The van der Waals surface area contributed by atoms with Crippen molar-refractivity contribution in [2.45, 2.75) is 237 Å². The summed E-state index contributed by atoms with van der Waals surface area (Å²) in [4.78, 5) is 109. The minimum Gasteiger partial charge on any atom is -0.508 e. The second-order valence-electron chi connectivity index (χ2n) is 32.9. The topological polar surface area (TPSA) is 471 Å². The van der Waals surface area contributed by atoms with E-state index in [0.717, 1.165) is 58.4 Å². The van der Waals surface area contributed by atoms with Crippen molar-refractivity contribution in [1.29, 1.82) is 0 Å². The number of ketones is 3. The Morgan fingerprint density at radius 3 is 2.17 bits per heavy atom. The zero-order chi connectivity index (χ0) is 88.9. The number of piperidine rings is 1. The van der Waals surface area contributed by atoms with Gasteiger partial charge in [-0.05, 0) is 157 Å². The molecular weight excluding hydrogens is 1600 g/mol. The lowest BCUT2D eigenvalue weighted by molar-refractivity contribution is -0.245. The number of ether oxygens (including phenoxy) is 11. The number of H-pyrrole nitrogens is 1. The average molecular weight is 1740 g/mol. The molecule has 1 aromatic carbocycles. The second-order valence-corrected chi connectivity index (χ2v) is 32.9. The lowest BCUT2D eigenvalue weighted by atomic mass is 9.80. The first-order valence-corrected chi connectivity index (χ1v) is 44.0. The third-order valence-electron chi connectivity index (χ3n) is 23.2. The highest BCUT2D eigenvalue weighted by molar-refractivity contribution is 6.39. The Labute approximate surface area is 725 Å². The molecule has 1 saturated carbocycles. The number of carbonyl (C=O) groups is 7. The number of hydrogen-bond donors (Lipinski definition) is 9. The SMILES string of the molecule is CO[C@H]1C[C@@H]2CCC[C@@](O)(O2)C(=O)C(=O)N2CCCC[C@H]2C(=O)O[C@H]([C@H](N)C[C@@H]2CC[C@@H](OCCCCc3cn(CCOCCOCCOCCC(=O)NCCOCCOCCOCCC(=O)NCCCCn4nc(-c5cc6cc(O)ccc6[nH]5)c5c(N)ncnc54)nn3)[C@H](OC)C2)CC(=O)[C@H](C)/C=C(\C)[C@@H](O)[C@@H](O)C(=O)[C@H](C)C[C@H](C)/C=C/C=C/C=C/1C. The van der Waals surface area contributed by atoms with Gasteiger partial charge in [-0.15, -0.1) is 5.10 Å². The first kappa shape index (κ1) is 99.1. The molecule has 3 amide bonds. The molecule has 4 aromatic heterocycles. The van der Waals surface area contributed by atoms with Crippen molar-refractivity contribution in [1.82, 2.24) is 55.3 Å². The molecule has 35 heteroatoms. The van der Waals surface area contributed by atoms with Gasteiger partial charge in [-0.25, -0.2) is 24.1 Å². The number of nitrogens with two attached hydrogens (primary N) is 2. The summed E-state index contributed by atoms with van der Waals surface area (Å²) in [5.41, 5.74) is 18.0. The van der Waals surface area contributed by atoms with Crippen LogP contribution in [-0.4, -0.2) is 286 Å². The number of fused-ring (bicyclic) bond motifs is 5. The van der Waals surface area contributed by atoms with Crippen LogP contribution in [0.15, 0.2) is 84.4 Å². The van der Waals surface area contributed by atoms with Crippen molar-refractivity contribution in [2.75, 3.05) is 125 Å². The van der Waals surface area contributed by atoms with E-state index in [2.05, 4.69) is 35.9 Å². The quantitative estimate of drug-likeness (QED) is 0.00842. The second kappa shape index (κ2) is 51.8. The Balaban J connectivity index is 0.592. The Kier molecular flexibility index (Phi) is 41.4. The number of anilines is 1. The van der Waals surface area contributed by atoms with Crippen LogP contribution in [0.1, 0.15) is 162 Å². The predicted molar refractivity (Wildman–Crippen MR) is 459 cm³/mol. The summed E-state index contributed by atoms with van der Waals surface area (Å²) in [5, 5.41) is 64.9. The molecule has 3 fully saturated rings. The normalized spacial score (nSPS) is 26.2. The number of cyclic esters (lactones) is 1. The first-order chi connectivity index (χ1) is 59.8. The molecule has 1 aliphatic carbocycles. The van der Waals surface area contributed by atoms with Crippen molar-refractivity contribution < 1.29 is 106 Å². The van der Waals surface area contributed by atoms with Gasteiger partial charge in [0.15, 0.2) is 11.4 Å². The molecule has 4 aliphatic rings. The van der Waals surface area contributed by atoms with E-state index in [9.17, 15) is 54.0 Å². The Hall–Kier alpha value is -8.66. The highest BCUT2D eigenvalue weighted by Crippen LogP contribution is 2.37. The maximum atomic E-state index is 14.6. The Morgan fingerprint density at radius 1 is 0.734 bits per heavy atom. The molecule has 9 rings (SSSR count). The summed E-state index contributed by atoms with van der Waals surface area (Å²) >= 11 is 0. The van der Waals surface area contributed by atoms with E-state index in [0.29, 0.717) is 186 Å². The lowest BCUT2D eigenvalue weighted by Gasteiger charge is -2.40. The average Bonchev–Trinajstić information content (AvgIpc) is 1.56. The molecule has 124 heavy (non-hydrogen) atoms. The number of rotatable bonds is 41. The standard InChI is InChI=1S/C89H133N13O22/c1-58-18-9-8-10-19-59(2)74(114-6)54-67-21-17-29-89(113,124-67)84(110)87(111)101-32-14-11-22-71(101)88(112)123-75(55-72(104)60(3)49-62(5)82(108)83(109)81(107)61(4)48-58)68(90)50-63-23-26-73(76(51-63)115-7)122-35-16-12-20-65-56-100(99-97-65)34-39-119-43-47-121-45-41-117-37-28-78(106)93-31-38-118-42-46-120-44-40-116-36-27-77(105)92-30-13-15-33-102-86-79(85(91)94-57-95-86)80(98-102)70-53-64-52-66(103)24-25-69(64)96-70/h8-10,18-19,24-25,49,52-53,56-58,60-61,63,67-68,71,73-76,82-83,96,103,108-109,113H,11-17,20-23,26-48,50-51,54-55,90H2,1-7H3,(H,92,105)(H,93,106)(H2,91,94,95)/b10-8+,18-9+,59-19+,62-49+/t58-,60-,61-,63+,67+,68-,71+,73-,74+,75+,76-,82-,83+,89-/m1/s1. The van der Waals surface area contributed by atoms with Gasteiger partial charge in [0.1, 0.15) is 53.7 Å². The number of amides is 3. The van der Waals surface area contributed by atoms with Crippen LogP contribution in [0.4, 0.5) is 5.82 Å². The van der Waals surface area contributed by atoms with Gasteiger partial charge in [0.2, 0.25) is 17.6 Å². The van der Waals surface area contributed by atoms with Crippen LogP contribution in [0.2, 0.25) is 0 Å². The highest BCUT2D eigenvalue weighted by atomic mass is 16.6. The summed E-state index contributed by atoms with van der Waals surface area (Å²) in [7, 11) is 3.19. The van der Waals surface area contributed by atoms with Gasteiger partial charge in [0.05, 0.1) is 127 Å². The highest BCUT2D eigenvalue weighted by Gasteiger charge is 2.50. The minimum atomic E-state index is -2.45. The van der Waals surface area contributed by atoms with Gasteiger partial charge in [-0.3, -0.25) is 28.8 Å². The van der Waals surface area contributed by atoms with Crippen LogP contribution >= 0.6 is 0 Å². The molecule has 5 aromatic rings. The fraction of sp³-hybridized carbons (Fsp3) is 0.663. The molecule has 14 atom stereocenters. The first-order valence-electron chi connectivity index (χ1n) is 44.0. The van der Waals surface area contributed by atoms with Crippen LogP contribution in [-0.2, 0) is 105 Å². The van der Waals surface area contributed by atoms with Gasteiger partial charge in [-0.2, -0.15) is 5.10 Å². The predicted octanol–water partition coefficient (Wildman–Crippen LogP) is 6.78. The number of allylic oxidation sites excluding steroid dienone is 6. The van der Waals surface area contributed by atoms with Gasteiger partial charge in [0, 0.05) is 114 Å². The summed E-state index contributed by atoms with van der Waals surface area (Å²) in [5.74, 6) is -7.89. The Morgan fingerprint density at radius 2 is 1.44 bits per heavy atom. The summed E-state index contributed by atoms with van der Waals surface area (Å²) in [6, 6.07) is 4.86. The van der Waals surface area contributed by atoms with E-state index in [4.69, 9.17) is 68.7 Å². The summed E-state index contributed by atoms with van der Waals surface area (Å²) in [6.45, 7) is 15.2. The molecule has 0 spiro atoms. The minimum absolute atomic E-state index is 0.0277. The number of Topliss-reactive ketones (excluding diaryl/α,β-unsaturated/α-hetero) is 3. The fourth-order valence-electron chi connectivity index (χ4n) is 16.1. The van der Waals surface area contributed by atoms with Crippen LogP contribution in [0.25, 0.3) is 33.3 Å². The van der Waals surface area contributed by atoms with Crippen molar-refractivity contribution >= 4 is 68.8 Å². The van der Waals surface area contributed by atoms with Gasteiger partial charge < -0.3 is 105 Å². The van der Waals surface area contributed by atoms with Crippen LogP contribution in [0, 0.1) is 23.7 Å². The van der Waals surface area contributed by atoms with Crippen molar-refractivity contribution in [3.63, 3.8) is 0 Å². The number of nitrogen functional groups attached to an aromatic ring is 1. The number of carbonyl (C=O) groups excluding carboxylic acids is 7. The largest absolute Gasteiger partial charge is 0.508 e. The molecule has 686 valence electrons. The number of aliphatic hydroxyl groups is 3. The number of benzene rings is 1. The number of aliphatic hydroxyl groups excluding tert-OH is 2. The zero-order valence-electron chi connectivity index (χ0n) is 73.2. The number of aryl methyl sites for hydroxylation is 2. The van der Waals surface area contributed by atoms with E-state index in [1.54, 1.807) is 55.6 Å². The molecule has 7 heterocycles. The maximum absolute atomic E-state index is 14.6. The smallest absolute Gasteiger partial charge is 0.329 e.